The van der Waals surface area contributed by atoms with Gasteiger partial charge in [0.1, 0.15) is 17.1 Å². The van der Waals surface area contributed by atoms with Crippen molar-refractivity contribution in [2.75, 3.05) is 10.6 Å². The van der Waals surface area contributed by atoms with Gasteiger partial charge in [0.2, 0.25) is 5.91 Å². The maximum absolute atomic E-state index is 12.5. The van der Waals surface area contributed by atoms with Crippen LogP contribution in [-0.2, 0) is 17.6 Å². The molecule has 25 heavy (non-hydrogen) atoms. The smallest absolute Gasteiger partial charge is 0.247 e. The summed E-state index contributed by atoms with van der Waals surface area (Å²) in [6.07, 6.45) is 5.41. The van der Waals surface area contributed by atoms with Crippen molar-refractivity contribution in [3.63, 3.8) is 0 Å². The largest absolute Gasteiger partial charge is 0.374 e. The number of nitrogens with zero attached hydrogens (tertiary/aromatic N) is 1. The van der Waals surface area contributed by atoms with Crippen LogP contribution in [0.2, 0.25) is 5.02 Å². The normalized spacial score (nSPS) is 14.8. The van der Waals surface area contributed by atoms with Crippen molar-refractivity contribution in [3.05, 3.63) is 45.3 Å². The quantitative estimate of drug-likeness (QED) is 0.742. The van der Waals surface area contributed by atoms with Gasteiger partial charge >= 0.3 is 0 Å². The van der Waals surface area contributed by atoms with Gasteiger partial charge in [-0.2, -0.15) is 5.26 Å². The molecule has 4 nitrogen and oxygen atoms in total. The van der Waals surface area contributed by atoms with Gasteiger partial charge in [0, 0.05) is 15.6 Å². The molecular weight excluding hydrogens is 354 g/mol. The zero-order chi connectivity index (χ0) is 17.8. The summed E-state index contributed by atoms with van der Waals surface area (Å²) >= 11 is 7.43. The second kappa shape index (κ2) is 7.90. The average molecular weight is 374 g/mol. The number of halogens is 1. The van der Waals surface area contributed by atoms with E-state index in [1.807, 2.05) is 12.1 Å². The Morgan fingerprint density at radius 2 is 1.96 bits per heavy atom. The van der Waals surface area contributed by atoms with Crippen LogP contribution in [0.4, 0.5) is 10.7 Å². The zero-order valence-corrected chi connectivity index (χ0v) is 15.6. The van der Waals surface area contributed by atoms with Crippen molar-refractivity contribution >= 4 is 39.5 Å². The van der Waals surface area contributed by atoms with E-state index in [4.69, 9.17) is 11.6 Å². The van der Waals surface area contributed by atoms with Crippen LogP contribution >= 0.6 is 22.9 Å². The third-order valence-electron chi connectivity index (χ3n) is 4.39. The highest BCUT2D eigenvalue weighted by Crippen LogP contribution is 2.37. The molecule has 1 atom stereocenters. The van der Waals surface area contributed by atoms with Crippen LogP contribution in [-0.4, -0.2) is 11.9 Å². The summed E-state index contributed by atoms with van der Waals surface area (Å²) < 4.78 is 0. The maximum atomic E-state index is 12.5. The Bertz CT molecular complexity index is 807. The van der Waals surface area contributed by atoms with Crippen LogP contribution in [0.25, 0.3) is 0 Å². The lowest BCUT2D eigenvalue weighted by molar-refractivity contribution is -0.116. The molecule has 2 aromatic rings. The van der Waals surface area contributed by atoms with Gasteiger partial charge in [-0.1, -0.05) is 18.0 Å². The first-order valence-corrected chi connectivity index (χ1v) is 9.65. The molecule has 0 saturated carbocycles. The van der Waals surface area contributed by atoms with E-state index in [0.717, 1.165) is 36.9 Å². The van der Waals surface area contributed by atoms with E-state index >= 15 is 0 Å². The van der Waals surface area contributed by atoms with E-state index < -0.39 is 6.04 Å². The minimum Gasteiger partial charge on any atom is -0.374 e. The number of anilines is 2. The number of fused-ring (bicyclic) bond motifs is 1. The molecule has 1 aromatic heterocycles. The molecule has 0 aliphatic heterocycles. The van der Waals surface area contributed by atoms with E-state index in [9.17, 15) is 10.1 Å². The van der Waals surface area contributed by atoms with E-state index in [2.05, 4.69) is 16.7 Å². The van der Waals surface area contributed by atoms with Crippen molar-refractivity contribution in [2.45, 2.75) is 45.1 Å². The number of amides is 1. The number of hydrogen-bond donors (Lipinski definition) is 2. The lowest BCUT2D eigenvalue weighted by Gasteiger charge is -2.15. The predicted octanol–water partition coefficient (Wildman–Crippen LogP) is 4.98. The first kappa shape index (κ1) is 17.8. The van der Waals surface area contributed by atoms with Gasteiger partial charge in [-0.25, -0.2) is 0 Å². The fourth-order valence-corrected chi connectivity index (χ4v) is 4.40. The van der Waals surface area contributed by atoms with Crippen LogP contribution < -0.4 is 10.6 Å². The highest BCUT2D eigenvalue weighted by Gasteiger charge is 2.22. The standard InChI is InChI=1S/C19H20ClN3OS/c1-12(22-14-9-7-13(20)8-10-14)18(24)23-19-16(11-21)15-5-3-2-4-6-17(15)25-19/h7-10,12,22H,2-6H2,1H3,(H,23,24). The number of benzene rings is 1. The monoisotopic (exact) mass is 373 g/mol. The molecule has 1 aliphatic rings. The predicted molar refractivity (Wildman–Crippen MR) is 103 cm³/mol. The molecule has 1 unspecified atom stereocenters. The molecule has 1 amide bonds. The molecule has 1 aliphatic carbocycles. The summed E-state index contributed by atoms with van der Waals surface area (Å²) in [5, 5.41) is 17.0. The molecule has 0 fully saturated rings. The Morgan fingerprint density at radius 3 is 2.68 bits per heavy atom. The van der Waals surface area contributed by atoms with Gasteiger partial charge in [-0.3, -0.25) is 4.79 Å². The molecule has 0 spiro atoms. The zero-order valence-electron chi connectivity index (χ0n) is 14.1. The number of nitrogens with one attached hydrogen (secondary N) is 2. The fourth-order valence-electron chi connectivity index (χ4n) is 3.03. The van der Waals surface area contributed by atoms with E-state index in [1.54, 1.807) is 30.4 Å². The molecule has 0 radical (unpaired) electrons. The van der Waals surface area contributed by atoms with Crippen molar-refractivity contribution < 1.29 is 4.79 Å². The van der Waals surface area contributed by atoms with E-state index in [0.29, 0.717) is 15.6 Å². The average Bonchev–Trinajstić information content (AvgIpc) is 2.76. The highest BCUT2D eigenvalue weighted by molar-refractivity contribution is 7.16. The third-order valence-corrected chi connectivity index (χ3v) is 5.85. The molecule has 0 saturated heterocycles. The molecule has 6 heteroatoms. The number of aryl methyl sites for hydroxylation is 1. The Hall–Kier alpha value is -2.03. The summed E-state index contributed by atoms with van der Waals surface area (Å²) in [6.45, 7) is 1.80. The number of thiophene rings is 1. The fraction of sp³-hybridized carbons (Fsp3) is 0.368. The minimum absolute atomic E-state index is 0.150. The molecular formula is C19H20ClN3OS. The third kappa shape index (κ3) is 4.15. The molecule has 1 heterocycles. The summed E-state index contributed by atoms with van der Waals surface area (Å²) in [5.41, 5.74) is 2.61. The topological polar surface area (TPSA) is 64.9 Å². The lowest BCUT2D eigenvalue weighted by Crippen LogP contribution is -2.31. The second-order valence-electron chi connectivity index (χ2n) is 6.24. The summed E-state index contributed by atoms with van der Waals surface area (Å²) in [7, 11) is 0. The van der Waals surface area contributed by atoms with Crippen LogP contribution in [0.5, 0.6) is 0 Å². The number of carbonyl (C=O) groups excluding carboxylic acids is 1. The Balaban J connectivity index is 1.72. The number of hydrogen-bond acceptors (Lipinski definition) is 4. The molecule has 1 aromatic carbocycles. The first-order chi connectivity index (χ1) is 12.1. The van der Waals surface area contributed by atoms with Gasteiger partial charge in [-0.05, 0) is 62.4 Å². The van der Waals surface area contributed by atoms with Crippen LogP contribution in [0, 0.1) is 11.3 Å². The van der Waals surface area contributed by atoms with Crippen LogP contribution in [0.3, 0.4) is 0 Å². The molecule has 0 bridgehead atoms. The number of nitriles is 1. The van der Waals surface area contributed by atoms with E-state index in [1.165, 1.54) is 11.3 Å². The van der Waals surface area contributed by atoms with Crippen molar-refractivity contribution in [3.8, 4) is 6.07 Å². The Morgan fingerprint density at radius 1 is 1.24 bits per heavy atom. The Labute approximate surface area is 156 Å². The maximum Gasteiger partial charge on any atom is 0.247 e. The van der Waals surface area contributed by atoms with Gasteiger partial charge in [0.05, 0.1) is 5.56 Å². The van der Waals surface area contributed by atoms with Crippen molar-refractivity contribution in [2.24, 2.45) is 0 Å². The number of rotatable bonds is 4. The van der Waals surface area contributed by atoms with Gasteiger partial charge in [0.15, 0.2) is 0 Å². The second-order valence-corrected chi connectivity index (χ2v) is 7.78. The molecule has 2 N–H and O–H groups in total. The van der Waals surface area contributed by atoms with Crippen molar-refractivity contribution in [1.29, 1.82) is 5.26 Å². The summed E-state index contributed by atoms with van der Waals surface area (Å²) in [6, 6.07) is 9.09. The SMILES string of the molecule is CC(Nc1ccc(Cl)cc1)C(=O)Nc1sc2c(c1C#N)CCCCC2. The van der Waals surface area contributed by atoms with Gasteiger partial charge < -0.3 is 10.6 Å². The lowest BCUT2D eigenvalue weighted by atomic mass is 10.1. The van der Waals surface area contributed by atoms with Crippen LogP contribution in [0.15, 0.2) is 24.3 Å². The number of carbonyl (C=O) groups is 1. The highest BCUT2D eigenvalue weighted by atomic mass is 35.5. The summed E-state index contributed by atoms with van der Waals surface area (Å²) in [5.74, 6) is -0.150. The van der Waals surface area contributed by atoms with E-state index in [-0.39, 0.29) is 5.91 Å². The van der Waals surface area contributed by atoms with Crippen molar-refractivity contribution in [1.82, 2.24) is 0 Å². The summed E-state index contributed by atoms with van der Waals surface area (Å²) in [4.78, 5) is 13.8. The van der Waals surface area contributed by atoms with Gasteiger partial charge in [-0.15, -0.1) is 11.3 Å². The molecule has 3 rings (SSSR count). The minimum atomic E-state index is -0.422. The van der Waals surface area contributed by atoms with Gasteiger partial charge in [0.25, 0.3) is 0 Å². The first-order valence-electron chi connectivity index (χ1n) is 8.46. The van der Waals surface area contributed by atoms with Crippen LogP contribution in [0.1, 0.15) is 42.2 Å². The Kier molecular flexibility index (Phi) is 5.62. The molecule has 130 valence electrons.